The summed E-state index contributed by atoms with van der Waals surface area (Å²) in [6, 6.07) is 32.0. The molecule has 0 radical (unpaired) electrons. The molecule has 0 unspecified atom stereocenters. The zero-order valence-corrected chi connectivity index (χ0v) is 27.3. The molecular weight excluding hydrogens is 507 g/mol. The lowest BCUT2D eigenvalue weighted by molar-refractivity contribution is 1.65. The van der Waals surface area contributed by atoms with Gasteiger partial charge in [0.1, 0.15) is 8.07 Å². The van der Waals surface area contributed by atoms with Crippen LogP contribution in [-0.4, -0.2) is 24.2 Å². The molecular formula is C30H38P2Si3. The molecule has 0 amide bonds. The second-order valence-electron chi connectivity index (χ2n) is 12.0. The van der Waals surface area contributed by atoms with Crippen LogP contribution in [0.25, 0.3) is 22.3 Å². The molecule has 2 aromatic heterocycles. The summed E-state index contributed by atoms with van der Waals surface area (Å²) in [5.74, 6) is 0. The highest BCUT2D eigenvalue weighted by Gasteiger charge is 2.35. The molecule has 0 nitrogen and oxygen atoms in total. The third-order valence-electron chi connectivity index (χ3n) is 6.68. The molecule has 0 saturated heterocycles. The van der Waals surface area contributed by atoms with Crippen LogP contribution in [-0.2, 0) is 0 Å². The molecule has 2 aromatic carbocycles. The van der Waals surface area contributed by atoms with Crippen LogP contribution in [0.3, 0.4) is 0 Å². The van der Waals surface area contributed by atoms with Crippen molar-refractivity contribution in [3.05, 3.63) is 84.9 Å². The Morgan fingerprint density at radius 1 is 0.429 bits per heavy atom. The average molecular weight is 545 g/mol. The molecule has 0 spiro atoms. The summed E-state index contributed by atoms with van der Waals surface area (Å²) in [6.07, 6.45) is 0. The van der Waals surface area contributed by atoms with Gasteiger partial charge in [0.2, 0.25) is 0 Å². The minimum atomic E-state index is -2.00. The van der Waals surface area contributed by atoms with Crippen molar-refractivity contribution in [2.45, 2.75) is 52.4 Å². The van der Waals surface area contributed by atoms with Crippen molar-refractivity contribution in [2.24, 2.45) is 0 Å². The van der Waals surface area contributed by atoms with Gasteiger partial charge in [0.05, 0.1) is 16.1 Å². The molecule has 0 bridgehead atoms. The average Bonchev–Trinajstić information content (AvgIpc) is 2.83. The van der Waals surface area contributed by atoms with E-state index >= 15 is 0 Å². The monoisotopic (exact) mass is 544 g/mol. The second-order valence-corrected chi connectivity index (χ2v) is 30.4. The highest BCUT2D eigenvalue weighted by atomic mass is 31.0. The van der Waals surface area contributed by atoms with Crippen LogP contribution in [0.15, 0.2) is 84.9 Å². The summed E-state index contributed by atoms with van der Waals surface area (Å²) >= 11 is 0. The van der Waals surface area contributed by atoms with Crippen LogP contribution in [0.2, 0.25) is 52.4 Å². The zero-order chi connectivity index (χ0) is 25.4. The van der Waals surface area contributed by atoms with E-state index in [2.05, 4.69) is 137 Å². The van der Waals surface area contributed by atoms with Crippen LogP contribution in [0.5, 0.6) is 0 Å². The van der Waals surface area contributed by atoms with E-state index in [4.69, 9.17) is 0 Å². The van der Waals surface area contributed by atoms with Gasteiger partial charge in [-0.2, -0.15) is 0 Å². The molecule has 180 valence electrons. The van der Waals surface area contributed by atoms with Gasteiger partial charge in [0.15, 0.2) is 0 Å². The zero-order valence-electron chi connectivity index (χ0n) is 22.5. The summed E-state index contributed by atoms with van der Waals surface area (Å²) < 4.78 is 0. The Bertz CT molecular complexity index is 1220. The third-order valence-corrected chi connectivity index (χ3v) is 23.4. The first-order valence-corrected chi connectivity index (χ1v) is 24.3. The fourth-order valence-electron chi connectivity index (χ4n) is 4.52. The Morgan fingerprint density at radius 3 is 1.09 bits per heavy atom. The minimum absolute atomic E-state index is 1.36. The van der Waals surface area contributed by atoms with Gasteiger partial charge in [-0.3, -0.25) is 0 Å². The van der Waals surface area contributed by atoms with Crippen LogP contribution in [0.1, 0.15) is 0 Å². The molecule has 0 fully saturated rings. The summed E-state index contributed by atoms with van der Waals surface area (Å²) in [7, 11) is -1.88. The molecule has 0 aliphatic heterocycles. The van der Waals surface area contributed by atoms with Crippen molar-refractivity contribution in [1.29, 1.82) is 0 Å². The predicted octanol–water partition coefficient (Wildman–Crippen LogP) is 8.09. The van der Waals surface area contributed by atoms with E-state index in [1.54, 1.807) is 19.7 Å². The summed E-state index contributed by atoms with van der Waals surface area (Å²) in [4.78, 5) is 6.69. The van der Waals surface area contributed by atoms with E-state index in [1.165, 1.54) is 38.6 Å². The van der Waals surface area contributed by atoms with Crippen molar-refractivity contribution in [1.82, 2.24) is 0 Å². The minimum Gasteiger partial charge on any atom is -0.0774 e. The number of hydrogen-bond donors (Lipinski definition) is 0. The van der Waals surface area contributed by atoms with E-state index in [1.807, 2.05) is 0 Å². The van der Waals surface area contributed by atoms with Gasteiger partial charge in [-0.25, -0.2) is 0 Å². The first-order chi connectivity index (χ1) is 16.4. The van der Waals surface area contributed by atoms with Crippen LogP contribution in [0, 0.1) is 0 Å². The highest BCUT2D eigenvalue weighted by Crippen LogP contribution is 2.30. The lowest BCUT2D eigenvalue weighted by atomic mass is 10.1. The standard InChI is InChI=1S/C30H38P2Si3/c1-33(2,3)27-21-19-25(23-15-11-9-12-16-23)29(31-27)35(7,8)30-26(24-17-13-10-14-18-24)20-22-28(32-30)34(4,5)6/h9-22H,1-8H3. The van der Waals surface area contributed by atoms with Gasteiger partial charge in [0.25, 0.3) is 0 Å². The molecule has 5 heteroatoms. The molecule has 4 rings (SSSR count). The molecule has 35 heavy (non-hydrogen) atoms. The van der Waals surface area contributed by atoms with Crippen molar-refractivity contribution >= 4 is 60.3 Å². The van der Waals surface area contributed by atoms with E-state index < -0.39 is 24.2 Å². The maximum Gasteiger partial charge on any atom is 0.125 e. The summed E-state index contributed by atoms with van der Waals surface area (Å²) in [5, 5.41) is 0. The lowest BCUT2D eigenvalue weighted by Gasteiger charge is -2.31. The van der Waals surface area contributed by atoms with Gasteiger partial charge < -0.3 is 0 Å². The largest absolute Gasteiger partial charge is 0.125 e. The smallest absolute Gasteiger partial charge is 0.0774 e. The Morgan fingerprint density at radius 2 is 0.771 bits per heavy atom. The molecule has 0 aliphatic rings. The van der Waals surface area contributed by atoms with Crippen molar-refractivity contribution < 1.29 is 0 Å². The van der Waals surface area contributed by atoms with E-state index in [0.717, 1.165) is 0 Å². The molecule has 0 saturated carbocycles. The van der Waals surface area contributed by atoms with Gasteiger partial charge >= 0.3 is 0 Å². The number of benzene rings is 2. The summed E-state index contributed by atoms with van der Waals surface area (Å²) in [6.45, 7) is 20.2. The van der Waals surface area contributed by atoms with Gasteiger partial charge in [0, 0.05) is 0 Å². The van der Waals surface area contributed by atoms with Crippen LogP contribution < -0.4 is 19.7 Å². The topological polar surface area (TPSA) is 0 Å². The van der Waals surface area contributed by atoms with Gasteiger partial charge in [-0.05, 0) is 41.9 Å². The number of rotatable bonds is 6. The lowest BCUT2D eigenvalue weighted by Crippen LogP contribution is -2.54. The first-order valence-electron chi connectivity index (χ1n) is 12.5. The van der Waals surface area contributed by atoms with Crippen molar-refractivity contribution in [3.8, 4) is 22.3 Å². The van der Waals surface area contributed by atoms with Crippen molar-refractivity contribution in [2.75, 3.05) is 0 Å². The fourth-order valence-corrected chi connectivity index (χ4v) is 17.1. The Labute approximate surface area is 219 Å². The second kappa shape index (κ2) is 10.0. The predicted molar refractivity (Wildman–Crippen MR) is 171 cm³/mol. The molecule has 0 N–H and O–H groups in total. The molecule has 0 aliphatic carbocycles. The highest BCUT2D eigenvalue weighted by molar-refractivity contribution is 7.56. The molecule has 0 atom stereocenters. The quantitative estimate of drug-likeness (QED) is 0.215. The van der Waals surface area contributed by atoms with Gasteiger partial charge in [-0.15, -0.1) is 0 Å². The summed E-state index contributed by atoms with van der Waals surface area (Å²) in [5.41, 5.74) is 5.65. The third kappa shape index (κ3) is 5.71. The SMILES string of the molecule is C[Si](C)(C)c1ccc(-c2ccccc2)c([Si](C)(C)c2pc([Si](C)(C)C)ccc2-c2ccccc2)p1. The van der Waals surface area contributed by atoms with E-state index in [0.29, 0.717) is 0 Å². The molecule has 2 heterocycles. The normalized spacial score (nSPS) is 13.0. The number of hydrogen-bond acceptors (Lipinski definition) is 0. The Kier molecular flexibility index (Phi) is 7.59. The maximum atomic E-state index is 2.62. The van der Waals surface area contributed by atoms with E-state index in [-0.39, 0.29) is 0 Å². The fraction of sp³-hybridized carbons (Fsp3) is 0.267. The molecule has 4 aromatic rings. The van der Waals surface area contributed by atoms with Crippen LogP contribution in [0.4, 0.5) is 0 Å². The van der Waals surface area contributed by atoms with Crippen LogP contribution >= 0.6 is 16.4 Å². The first kappa shape index (κ1) is 26.5. The van der Waals surface area contributed by atoms with Gasteiger partial charge in [-0.1, -0.05) is 154 Å². The Balaban J connectivity index is 2.04. The maximum absolute atomic E-state index is 2.62. The van der Waals surface area contributed by atoms with Crippen molar-refractivity contribution in [3.63, 3.8) is 0 Å². The van der Waals surface area contributed by atoms with E-state index in [9.17, 15) is 0 Å². The Hall–Kier alpha value is -1.61.